The van der Waals surface area contributed by atoms with Gasteiger partial charge in [-0.3, -0.25) is 0 Å². The van der Waals surface area contributed by atoms with Crippen LogP contribution in [0.4, 0.5) is 0 Å². The number of aromatic nitrogens is 1. The van der Waals surface area contributed by atoms with E-state index in [2.05, 4.69) is 38.0 Å². The molecule has 0 unspecified atom stereocenters. The second-order valence-corrected chi connectivity index (χ2v) is 6.08. The van der Waals surface area contributed by atoms with Gasteiger partial charge in [0.1, 0.15) is 5.01 Å². The van der Waals surface area contributed by atoms with Crippen LogP contribution >= 0.6 is 11.3 Å². The zero-order valence-electron chi connectivity index (χ0n) is 10.0. The molecule has 0 saturated carbocycles. The topological polar surface area (TPSA) is 50.9 Å². The van der Waals surface area contributed by atoms with Crippen LogP contribution in [0, 0.1) is 5.41 Å². The van der Waals surface area contributed by atoms with Gasteiger partial charge < -0.3 is 11.1 Å². The Balaban J connectivity index is 2.58. The summed E-state index contributed by atoms with van der Waals surface area (Å²) < 4.78 is 0. The summed E-state index contributed by atoms with van der Waals surface area (Å²) in [5.74, 6) is 0. The van der Waals surface area contributed by atoms with Gasteiger partial charge in [0.2, 0.25) is 0 Å². The Kier molecular flexibility index (Phi) is 3.87. The van der Waals surface area contributed by atoms with Crippen molar-refractivity contribution in [3.63, 3.8) is 0 Å². The average molecular weight is 227 g/mol. The third-order valence-corrected chi connectivity index (χ3v) is 3.63. The predicted molar refractivity (Wildman–Crippen MR) is 66.0 cm³/mol. The fraction of sp³-hybridized carbons (Fsp3) is 0.727. The molecule has 4 heteroatoms. The van der Waals surface area contributed by atoms with Gasteiger partial charge in [0.25, 0.3) is 0 Å². The molecule has 0 bridgehead atoms. The van der Waals surface area contributed by atoms with Crippen molar-refractivity contribution < 1.29 is 0 Å². The summed E-state index contributed by atoms with van der Waals surface area (Å²) in [5, 5.41) is 6.65. The zero-order valence-corrected chi connectivity index (χ0v) is 10.8. The summed E-state index contributed by atoms with van der Waals surface area (Å²) in [6.45, 7) is 10.2. The van der Waals surface area contributed by atoms with Crippen molar-refractivity contribution in [2.45, 2.75) is 33.2 Å². The number of hydrogen-bond acceptors (Lipinski definition) is 4. The molecule has 0 radical (unpaired) electrons. The van der Waals surface area contributed by atoms with Gasteiger partial charge in [0.05, 0.1) is 5.54 Å². The molecule has 0 atom stereocenters. The smallest absolute Gasteiger partial charge is 0.112 e. The number of rotatable bonds is 5. The molecular formula is C11H21N3S. The van der Waals surface area contributed by atoms with E-state index in [0.29, 0.717) is 6.54 Å². The molecule has 0 aliphatic rings. The van der Waals surface area contributed by atoms with E-state index >= 15 is 0 Å². The summed E-state index contributed by atoms with van der Waals surface area (Å²) in [4.78, 5) is 4.34. The van der Waals surface area contributed by atoms with Gasteiger partial charge in [-0.2, -0.15) is 0 Å². The van der Waals surface area contributed by atoms with Crippen molar-refractivity contribution in [3.05, 3.63) is 16.6 Å². The number of hydrogen-bond donors (Lipinski definition) is 2. The van der Waals surface area contributed by atoms with Crippen LogP contribution in [-0.2, 0) is 5.54 Å². The lowest BCUT2D eigenvalue weighted by Crippen LogP contribution is -2.44. The fourth-order valence-corrected chi connectivity index (χ4v) is 1.88. The number of nitrogens with two attached hydrogens (primary N) is 1. The lowest BCUT2D eigenvalue weighted by atomic mass is 9.92. The first-order valence-corrected chi connectivity index (χ1v) is 6.10. The molecule has 3 N–H and O–H groups in total. The highest BCUT2D eigenvalue weighted by Crippen LogP contribution is 2.23. The van der Waals surface area contributed by atoms with Crippen LogP contribution in [0.5, 0.6) is 0 Å². The molecule has 1 heterocycles. The number of thiazole rings is 1. The van der Waals surface area contributed by atoms with E-state index in [9.17, 15) is 0 Å². The minimum absolute atomic E-state index is 0.0688. The monoisotopic (exact) mass is 227 g/mol. The van der Waals surface area contributed by atoms with Crippen LogP contribution in [-0.4, -0.2) is 18.1 Å². The van der Waals surface area contributed by atoms with Crippen molar-refractivity contribution in [2.75, 3.05) is 13.1 Å². The first-order chi connectivity index (χ1) is 6.87. The molecule has 0 aromatic carbocycles. The SMILES string of the molecule is CC(C)(CN)CNC(C)(C)c1nccs1. The summed E-state index contributed by atoms with van der Waals surface area (Å²) >= 11 is 1.68. The van der Waals surface area contributed by atoms with E-state index in [0.717, 1.165) is 11.6 Å². The zero-order chi connectivity index (χ0) is 11.5. The summed E-state index contributed by atoms with van der Waals surface area (Å²) in [6, 6.07) is 0. The minimum atomic E-state index is -0.0688. The van der Waals surface area contributed by atoms with Crippen LogP contribution < -0.4 is 11.1 Å². The van der Waals surface area contributed by atoms with Gasteiger partial charge in [0.15, 0.2) is 0 Å². The van der Waals surface area contributed by atoms with E-state index in [-0.39, 0.29) is 11.0 Å². The molecule has 0 spiro atoms. The Labute approximate surface area is 96.1 Å². The van der Waals surface area contributed by atoms with Gasteiger partial charge in [0, 0.05) is 18.1 Å². The molecule has 1 aromatic rings. The second-order valence-electron chi connectivity index (χ2n) is 5.18. The van der Waals surface area contributed by atoms with Crippen LogP contribution in [0.15, 0.2) is 11.6 Å². The number of nitrogens with zero attached hydrogens (tertiary/aromatic N) is 1. The highest BCUT2D eigenvalue weighted by Gasteiger charge is 2.25. The Morgan fingerprint density at radius 3 is 2.53 bits per heavy atom. The predicted octanol–water partition coefficient (Wildman–Crippen LogP) is 1.95. The van der Waals surface area contributed by atoms with E-state index in [1.165, 1.54) is 0 Å². The van der Waals surface area contributed by atoms with Gasteiger partial charge in [-0.25, -0.2) is 4.98 Å². The molecule has 0 aliphatic carbocycles. The van der Waals surface area contributed by atoms with Gasteiger partial charge in [-0.05, 0) is 25.8 Å². The minimum Gasteiger partial charge on any atom is -0.330 e. The molecular weight excluding hydrogens is 206 g/mol. The van der Waals surface area contributed by atoms with E-state index in [1.807, 2.05) is 11.6 Å². The maximum Gasteiger partial charge on any atom is 0.112 e. The molecule has 1 rings (SSSR count). The van der Waals surface area contributed by atoms with Gasteiger partial charge in [-0.15, -0.1) is 11.3 Å². The fourth-order valence-electron chi connectivity index (χ4n) is 1.14. The largest absolute Gasteiger partial charge is 0.330 e. The summed E-state index contributed by atoms with van der Waals surface area (Å²) in [7, 11) is 0. The highest BCUT2D eigenvalue weighted by molar-refractivity contribution is 7.09. The van der Waals surface area contributed by atoms with Crippen molar-refractivity contribution in [3.8, 4) is 0 Å². The Hall–Kier alpha value is -0.450. The maximum absolute atomic E-state index is 5.70. The van der Waals surface area contributed by atoms with Gasteiger partial charge >= 0.3 is 0 Å². The molecule has 3 nitrogen and oxygen atoms in total. The average Bonchev–Trinajstić information content (AvgIpc) is 2.69. The van der Waals surface area contributed by atoms with Gasteiger partial charge in [-0.1, -0.05) is 13.8 Å². The van der Waals surface area contributed by atoms with Crippen LogP contribution in [0.3, 0.4) is 0 Å². The first-order valence-electron chi connectivity index (χ1n) is 5.22. The molecule has 86 valence electrons. The molecule has 0 saturated heterocycles. The quantitative estimate of drug-likeness (QED) is 0.808. The van der Waals surface area contributed by atoms with Crippen LogP contribution in [0.1, 0.15) is 32.7 Å². The summed E-state index contributed by atoms with van der Waals surface area (Å²) in [5.41, 5.74) is 5.77. The van der Waals surface area contributed by atoms with Crippen LogP contribution in [0.25, 0.3) is 0 Å². The molecule has 15 heavy (non-hydrogen) atoms. The molecule has 0 aliphatic heterocycles. The third-order valence-electron chi connectivity index (χ3n) is 2.53. The maximum atomic E-state index is 5.70. The van der Waals surface area contributed by atoms with Crippen LogP contribution in [0.2, 0.25) is 0 Å². The van der Waals surface area contributed by atoms with E-state index < -0.39 is 0 Å². The van der Waals surface area contributed by atoms with Crippen molar-refractivity contribution in [2.24, 2.45) is 11.1 Å². The Bertz CT molecular complexity index is 291. The van der Waals surface area contributed by atoms with Crippen molar-refractivity contribution in [1.82, 2.24) is 10.3 Å². The van der Waals surface area contributed by atoms with Crippen molar-refractivity contribution in [1.29, 1.82) is 0 Å². The number of nitrogens with one attached hydrogen (secondary N) is 1. The highest BCUT2D eigenvalue weighted by atomic mass is 32.1. The molecule has 0 fully saturated rings. The first kappa shape index (κ1) is 12.6. The van der Waals surface area contributed by atoms with E-state index in [1.54, 1.807) is 11.3 Å². The Morgan fingerprint density at radius 2 is 2.07 bits per heavy atom. The summed E-state index contributed by atoms with van der Waals surface area (Å²) in [6.07, 6.45) is 1.84. The van der Waals surface area contributed by atoms with E-state index in [4.69, 9.17) is 5.73 Å². The van der Waals surface area contributed by atoms with Crippen molar-refractivity contribution >= 4 is 11.3 Å². The third kappa shape index (κ3) is 3.55. The molecule has 0 amide bonds. The Morgan fingerprint density at radius 1 is 1.40 bits per heavy atom. The normalized spacial score (nSPS) is 13.1. The lowest BCUT2D eigenvalue weighted by Gasteiger charge is -2.30. The standard InChI is InChI=1S/C11H21N3S/c1-10(2,7-12)8-14-11(3,4)9-13-5-6-15-9/h5-6,14H,7-8,12H2,1-4H3. The molecule has 1 aromatic heterocycles. The lowest BCUT2D eigenvalue weighted by molar-refractivity contribution is 0.288. The second kappa shape index (κ2) is 4.60.